The van der Waals surface area contributed by atoms with E-state index in [1.54, 1.807) is 6.08 Å². The van der Waals surface area contributed by atoms with Crippen LogP contribution >= 0.6 is 0 Å². The molecule has 3 atom stereocenters. The number of hydrogen-bond donors (Lipinski definition) is 2. The van der Waals surface area contributed by atoms with Crippen molar-refractivity contribution in [1.82, 2.24) is 0 Å². The second-order valence-electron chi connectivity index (χ2n) is 8.60. The lowest BCUT2D eigenvalue weighted by Crippen LogP contribution is -2.50. The maximum Gasteiger partial charge on any atom is 0.201 e. The molecule has 0 fully saturated rings. The molecule has 1 rings (SSSR count). The second-order valence-corrected chi connectivity index (χ2v) is 14.0. The summed E-state index contributed by atoms with van der Waals surface area (Å²) < 4.78 is 6.94. The average molecular weight is 405 g/mol. The first-order chi connectivity index (χ1) is 13.1. The molecule has 0 spiro atoms. The smallest absolute Gasteiger partial charge is 0.201 e. The zero-order valence-electron chi connectivity index (χ0n) is 18.5. The van der Waals surface area contributed by atoms with Crippen molar-refractivity contribution in [1.29, 1.82) is 0 Å². The fraction of sp³-hybridized carbons (Fsp3) is 0.583. The van der Waals surface area contributed by atoms with Crippen LogP contribution in [0, 0.1) is 0 Å². The topological polar surface area (TPSA) is 49.7 Å². The minimum Gasteiger partial charge on any atom is -0.410 e. The first-order valence-corrected chi connectivity index (χ1v) is 12.7. The highest BCUT2D eigenvalue weighted by molar-refractivity contribution is 6.77. The third-order valence-electron chi connectivity index (χ3n) is 5.74. The molecule has 0 amide bonds. The van der Waals surface area contributed by atoms with Gasteiger partial charge in [-0.05, 0) is 35.0 Å². The molecule has 2 N–H and O–H groups in total. The maximum atomic E-state index is 10.1. The van der Waals surface area contributed by atoms with Gasteiger partial charge in [-0.1, -0.05) is 90.1 Å². The number of hydrogen-bond acceptors (Lipinski definition) is 3. The molecule has 4 heteroatoms. The van der Waals surface area contributed by atoms with Crippen LogP contribution in [-0.2, 0) is 10.8 Å². The minimum absolute atomic E-state index is 0.0919. The van der Waals surface area contributed by atoms with Crippen LogP contribution in [0.4, 0.5) is 0 Å². The van der Waals surface area contributed by atoms with Gasteiger partial charge in [0.1, 0.15) is 12.2 Å². The summed E-state index contributed by atoms with van der Waals surface area (Å²) in [7, 11) is -2.05. The largest absolute Gasteiger partial charge is 0.410 e. The number of benzene rings is 1. The summed E-state index contributed by atoms with van der Waals surface area (Å²) in [4.78, 5) is 0. The monoisotopic (exact) mass is 404 g/mol. The molecule has 28 heavy (non-hydrogen) atoms. The quantitative estimate of drug-likeness (QED) is 0.350. The van der Waals surface area contributed by atoms with E-state index >= 15 is 0 Å². The van der Waals surface area contributed by atoms with Crippen LogP contribution in [0.1, 0.15) is 53.5 Å². The molecule has 0 aliphatic rings. The molecule has 1 aromatic rings. The van der Waals surface area contributed by atoms with Crippen LogP contribution in [0.2, 0.25) is 16.6 Å². The van der Waals surface area contributed by atoms with Crippen molar-refractivity contribution in [2.75, 3.05) is 0 Å². The molecular formula is C24H40O3Si. The van der Waals surface area contributed by atoms with Gasteiger partial charge in [0.2, 0.25) is 8.32 Å². The van der Waals surface area contributed by atoms with Gasteiger partial charge in [-0.2, -0.15) is 0 Å². The second kappa shape index (κ2) is 11.7. The van der Waals surface area contributed by atoms with Crippen molar-refractivity contribution in [3.63, 3.8) is 0 Å². The summed E-state index contributed by atoms with van der Waals surface area (Å²) >= 11 is 0. The Balaban J connectivity index is 3.09. The highest BCUT2D eigenvalue weighted by Crippen LogP contribution is 2.43. The van der Waals surface area contributed by atoms with Crippen molar-refractivity contribution in [2.45, 2.75) is 89.3 Å². The van der Waals surface area contributed by atoms with Gasteiger partial charge in [0.25, 0.3) is 0 Å². The zero-order valence-corrected chi connectivity index (χ0v) is 19.5. The molecule has 0 aliphatic carbocycles. The van der Waals surface area contributed by atoms with Crippen LogP contribution in [0.3, 0.4) is 0 Å². The van der Waals surface area contributed by atoms with Gasteiger partial charge in [-0.25, -0.2) is 0 Å². The number of aryl methyl sites for hydroxylation is 1. The Morgan fingerprint density at radius 2 is 1.43 bits per heavy atom. The molecule has 158 valence electrons. The van der Waals surface area contributed by atoms with Crippen molar-refractivity contribution >= 4 is 8.32 Å². The van der Waals surface area contributed by atoms with E-state index in [9.17, 15) is 10.2 Å². The first kappa shape index (κ1) is 24.8. The summed E-state index contributed by atoms with van der Waals surface area (Å²) in [6, 6.07) is 10.4. The summed E-state index contributed by atoms with van der Waals surface area (Å²) in [6.07, 6.45) is 4.68. The van der Waals surface area contributed by atoms with Gasteiger partial charge in [0.15, 0.2) is 0 Å². The lowest BCUT2D eigenvalue weighted by molar-refractivity contribution is 0.0800. The molecule has 1 aromatic carbocycles. The summed E-state index contributed by atoms with van der Waals surface area (Å²) in [5, 5.41) is 19.9. The fourth-order valence-electron chi connectivity index (χ4n) is 4.31. The maximum absolute atomic E-state index is 10.1. The molecular weight excluding hydrogens is 364 g/mol. The van der Waals surface area contributed by atoms with E-state index in [1.165, 1.54) is 11.6 Å². The fourth-order valence-corrected chi connectivity index (χ4v) is 9.85. The van der Waals surface area contributed by atoms with Crippen molar-refractivity contribution in [3.8, 4) is 0 Å². The van der Waals surface area contributed by atoms with Crippen molar-refractivity contribution in [3.05, 3.63) is 60.7 Å². The highest BCUT2D eigenvalue weighted by atomic mass is 28.4. The molecule has 3 nitrogen and oxygen atoms in total. The summed E-state index contributed by atoms with van der Waals surface area (Å²) in [6.45, 7) is 17.2. The van der Waals surface area contributed by atoms with Gasteiger partial charge >= 0.3 is 0 Å². The summed E-state index contributed by atoms with van der Waals surface area (Å²) in [5.41, 5.74) is 2.75. The lowest BCUT2D eigenvalue weighted by Gasteiger charge is -2.44. The van der Waals surface area contributed by atoms with Crippen molar-refractivity contribution < 1.29 is 14.6 Å². The van der Waals surface area contributed by atoms with Crippen molar-refractivity contribution in [2.24, 2.45) is 0 Å². The molecule has 0 saturated carbocycles. The van der Waals surface area contributed by atoms with Gasteiger partial charge in [-0.3, -0.25) is 0 Å². The Kier molecular flexibility index (Phi) is 10.4. The first-order valence-electron chi connectivity index (χ1n) is 10.5. The normalized spacial score (nSPS) is 16.1. The Labute approximate surface area is 173 Å². The molecule has 0 aromatic heterocycles. The third kappa shape index (κ3) is 6.70. The Bertz CT molecular complexity index is 573. The predicted octanol–water partition coefficient (Wildman–Crippen LogP) is 5.64. The van der Waals surface area contributed by atoms with E-state index < -0.39 is 20.5 Å². The summed E-state index contributed by atoms with van der Waals surface area (Å²) in [5.74, 6) is 0. The van der Waals surface area contributed by atoms with Gasteiger partial charge in [-0.15, -0.1) is 6.58 Å². The predicted molar refractivity (Wildman–Crippen MR) is 122 cm³/mol. The Morgan fingerprint density at radius 1 is 0.893 bits per heavy atom. The standard InChI is InChI=1S/C24H40O3Si/c1-8-23(25)24(26)17-16-22(15-14-21-12-10-9-11-13-21)27-28(18(2)3,19(4)5)20(6)7/h8-13,16-20,22-26H,1,14-15H2,2-7H3/b17-16-/t22-,23+,24-/m0/s1. The van der Waals surface area contributed by atoms with E-state index in [-0.39, 0.29) is 6.10 Å². The van der Waals surface area contributed by atoms with Gasteiger partial charge in [0.05, 0.1) is 6.10 Å². The number of aliphatic hydroxyl groups excluding tert-OH is 2. The highest BCUT2D eigenvalue weighted by Gasteiger charge is 2.46. The zero-order chi connectivity index (χ0) is 21.3. The number of aliphatic hydroxyl groups is 2. The lowest BCUT2D eigenvalue weighted by atomic mass is 10.1. The van der Waals surface area contributed by atoms with Gasteiger partial charge < -0.3 is 14.6 Å². The van der Waals surface area contributed by atoms with E-state index in [0.717, 1.165) is 12.8 Å². The Morgan fingerprint density at radius 3 is 1.89 bits per heavy atom. The molecule has 0 bridgehead atoms. The van der Waals surface area contributed by atoms with Crippen LogP contribution in [0.5, 0.6) is 0 Å². The molecule has 0 aliphatic heterocycles. The van der Waals surface area contributed by atoms with E-state index in [1.807, 2.05) is 12.1 Å². The van der Waals surface area contributed by atoms with Gasteiger partial charge in [0, 0.05) is 0 Å². The van der Waals surface area contributed by atoms with Crippen LogP contribution in [0.15, 0.2) is 55.1 Å². The third-order valence-corrected chi connectivity index (χ3v) is 11.9. The van der Waals surface area contributed by atoms with E-state index in [0.29, 0.717) is 16.6 Å². The van der Waals surface area contributed by atoms with Crippen LogP contribution in [0.25, 0.3) is 0 Å². The SMILES string of the molecule is C=C[C@@H](O)[C@@H](O)/C=C\[C@H](CCc1ccccc1)O[Si](C(C)C)(C(C)C)C(C)C. The average Bonchev–Trinajstić information content (AvgIpc) is 2.66. The minimum atomic E-state index is -2.05. The Hall–Kier alpha value is -1.20. The molecule has 0 radical (unpaired) electrons. The number of rotatable bonds is 12. The van der Waals surface area contributed by atoms with E-state index in [2.05, 4.69) is 72.4 Å². The van der Waals surface area contributed by atoms with Crippen LogP contribution in [-0.4, -0.2) is 36.8 Å². The van der Waals surface area contributed by atoms with Crippen LogP contribution < -0.4 is 0 Å². The molecule has 0 saturated heterocycles. The molecule has 0 unspecified atom stereocenters. The molecule has 0 heterocycles. The van der Waals surface area contributed by atoms with E-state index in [4.69, 9.17) is 4.43 Å².